The monoisotopic (exact) mass is 270 g/mol. The van der Waals surface area contributed by atoms with E-state index >= 15 is 0 Å². The van der Waals surface area contributed by atoms with Crippen LogP contribution in [0.1, 0.15) is 52.4 Å². The van der Waals surface area contributed by atoms with Crippen molar-refractivity contribution in [3.05, 3.63) is 0 Å². The molecule has 0 spiro atoms. The summed E-state index contributed by atoms with van der Waals surface area (Å²) in [5.41, 5.74) is 0. The van der Waals surface area contributed by atoms with Crippen molar-refractivity contribution < 1.29 is 19.4 Å². The van der Waals surface area contributed by atoms with Crippen LogP contribution in [0.3, 0.4) is 0 Å². The first-order valence-corrected chi connectivity index (χ1v) is 7.60. The highest BCUT2D eigenvalue weighted by atomic mass is 16.6. The molecule has 4 unspecified atom stereocenters. The zero-order valence-electron chi connectivity index (χ0n) is 12.0. The molecule has 2 rings (SSSR count). The van der Waals surface area contributed by atoms with Crippen LogP contribution in [0.4, 0.5) is 0 Å². The van der Waals surface area contributed by atoms with E-state index in [0.717, 1.165) is 32.1 Å². The van der Waals surface area contributed by atoms with Crippen LogP contribution in [0.2, 0.25) is 0 Å². The van der Waals surface area contributed by atoms with Crippen LogP contribution in [0.25, 0.3) is 0 Å². The molecule has 1 saturated heterocycles. The first kappa shape index (κ1) is 14.8. The van der Waals surface area contributed by atoms with Crippen molar-refractivity contribution in [3.8, 4) is 0 Å². The maximum Gasteiger partial charge on any atom is 0.309 e. The number of rotatable bonds is 6. The van der Waals surface area contributed by atoms with Gasteiger partial charge in [0.25, 0.3) is 0 Å². The van der Waals surface area contributed by atoms with Crippen molar-refractivity contribution in [2.75, 3.05) is 6.61 Å². The van der Waals surface area contributed by atoms with Gasteiger partial charge in [-0.15, -0.1) is 0 Å². The van der Waals surface area contributed by atoms with Crippen LogP contribution < -0.4 is 0 Å². The fraction of sp³-hybridized carbons (Fsp3) is 0.933. The Morgan fingerprint density at radius 1 is 1.47 bits per heavy atom. The topological polar surface area (TPSA) is 59.1 Å². The second-order valence-corrected chi connectivity index (χ2v) is 6.04. The average molecular weight is 270 g/mol. The maximum absolute atomic E-state index is 12.0. The highest BCUT2D eigenvalue weighted by molar-refractivity contribution is 5.72. The van der Waals surface area contributed by atoms with Crippen molar-refractivity contribution in [3.63, 3.8) is 0 Å². The molecule has 4 heteroatoms. The van der Waals surface area contributed by atoms with Gasteiger partial charge in [0.15, 0.2) is 0 Å². The predicted molar refractivity (Wildman–Crippen MR) is 71.7 cm³/mol. The molecule has 0 amide bonds. The van der Waals surface area contributed by atoms with Gasteiger partial charge in [-0.25, -0.2) is 0 Å². The Hall–Kier alpha value is -0.610. The van der Waals surface area contributed by atoms with Crippen LogP contribution in [-0.4, -0.2) is 36.0 Å². The number of hydrogen-bond acceptors (Lipinski definition) is 4. The molecule has 1 aliphatic carbocycles. The maximum atomic E-state index is 12.0. The molecule has 2 aliphatic rings. The van der Waals surface area contributed by atoms with Crippen molar-refractivity contribution in [2.45, 2.75) is 70.7 Å². The number of esters is 1. The lowest BCUT2D eigenvalue weighted by Gasteiger charge is -2.25. The van der Waals surface area contributed by atoms with E-state index in [1.54, 1.807) is 0 Å². The van der Waals surface area contributed by atoms with Crippen LogP contribution in [0, 0.1) is 11.8 Å². The van der Waals surface area contributed by atoms with Gasteiger partial charge in [-0.3, -0.25) is 4.79 Å². The van der Waals surface area contributed by atoms with Crippen LogP contribution in [-0.2, 0) is 14.3 Å². The molecule has 0 bridgehead atoms. The van der Waals surface area contributed by atoms with Gasteiger partial charge in [0.05, 0.1) is 30.8 Å². The minimum Gasteiger partial charge on any atom is -0.465 e. The highest BCUT2D eigenvalue weighted by Crippen LogP contribution is 2.30. The lowest BCUT2D eigenvalue weighted by molar-refractivity contribution is -0.152. The fourth-order valence-electron chi connectivity index (χ4n) is 2.85. The molecular formula is C15H26O4. The van der Waals surface area contributed by atoms with Crippen LogP contribution in [0.15, 0.2) is 0 Å². The summed E-state index contributed by atoms with van der Waals surface area (Å²) < 4.78 is 10.9. The summed E-state index contributed by atoms with van der Waals surface area (Å²) in [5, 5.41) is 9.58. The van der Waals surface area contributed by atoms with E-state index in [9.17, 15) is 9.90 Å². The van der Waals surface area contributed by atoms with Crippen LogP contribution >= 0.6 is 0 Å². The quantitative estimate of drug-likeness (QED) is 0.594. The average Bonchev–Trinajstić information content (AvgIpc) is 3.09. The van der Waals surface area contributed by atoms with Gasteiger partial charge in [-0.1, -0.05) is 13.3 Å². The number of hydrogen-bond donors (Lipinski definition) is 1. The Morgan fingerprint density at radius 2 is 2.21 bits per heavy atom. The van der Waals surface area contributed by atoms with Gasteiger partial charge in [0.1, 0.15) is 0 Å². The second-order valence-electron chi connectivity index (χ2n) is 6.04. The minimum atomic E-state index is -0.325. The number of epoxide rings is 1. The molecule has 1 N–H and O–H groups in total. The third-order valence-corrected chi connectivity index (χ3v) is 4.42. The molecule has 110 valence electrons. The van der Waals surface area contributed by atoms with E-state index < -0.39 is 0 Å². The number of aliphatic hydroxyl groups excluding tert-OH is 1. The molecule has 0 aromatic carbocycles. The largest absolute Gasteiger partial charge is 0.465 e. The van der Waals surface area contributed by atoms with Crippen molar-refractivity contribution >= 4 is 5.97 Å². The van der Waals surface area contributed by atoms with Crippen LogP contribution in [0.5, 0.6) is 0 Å². The molecule has 1 saturated carbocycles. The van der Waals surface area contributed by atoms with Crippen molar-refractivity contribution in [2.24, 2.45) is 11.8 Å². The molecular weight excluding hydrogens is 244 g/mol. The molecule has 19 heavy (non-hydrogen) atoms. The van der Waals surface area contributed by atoms with E-state index in [2.05, 4.69) is 13.8 Å². The normalized spacial score (nSPS) is 35.7. The molecule has 1 aliphatic heterocycles. The third-order valence-electron chi connectivity index (χ3n) is 4.42. The molecule has 0 aromatic heterocycles. The molecule has 2 fully saturated rings. The van der Waals surface area contributed by atoms with Gasteiger partial charge in [0, 0.05) is 0 Å². The SMILES string of the molecule is CCC(COC(=O)C1CCC[C@@H](O)C1)CC1OC1C. The van der Waals surface area contributed by atoms with Gasteiger partial charge in [-0.05, 0) is 44.9 Å². The fourth-order valence-corrected chi connectivity index (χ4v) is 2.85. The van der Waals surface area contributed by atoms with Gasteiger partial charge < -0.3 is 14.6 Å². The summed E-state index contributed by atoms with van der Waals surface area (Å²) in [6, 6.07) is 0. The van der Waals surface area contributed by atoms with Gasteiger partial charge >= 0.3 is 5.97 Å². The van der Waals surface area contributed by atoms with Gasteiger partial charge in [-0.2, -0.15) is 0 Å². The Morgan fingerprint density at radius 3 is 2.79 bits per heavy atom. The summed E-state index contributed by atoms with van der Waals surface area (Å²) in [6.07, 6.45) is 5.57. The lowest BCUT2D eigenvalue weighted by atomic mass is 9.87. The lowest BCUT2D eigenvalue weighted by Crippen LogP contribution is -2.28. The van der Waals surface area contributed by atoms with E-state index in [1.165, 1.54) is 0 Å². The van der Waals surface area contributed by atoms with E-state index in [0.29, 0.717) is 31.2 Å². The summed E-state index contributed by atoms with van der Waals surface area (Å²) in [5.74, 6) is 0.173. The second kappa shape index (κ2) is 6.71. The summed E-state index contributed by atoms with van der Waals surface area (Å²) in [6.45, 7) is 4.69. The number of ether oxygens (including phenoxy) is 2. The minimum absolute atomic E-state index is 0.0997. The first-order valence-electron chi connectivity index (χ1n) is 7.60. The first-order chi connectivity index (χ1) is 9.10. The molecule has 4 nitrogen and oxygen atoms in total. The zero-order valence-corrected chi connectivity index (χ0v) is 12.0. The number of aliphatic hydroxyl groups is 1. The summed E-state index contributed by atoms with van der Waals surface area (Å²) in [7, 11) is 0. The Balaban J connectivity index is 1.69. The molecule has 1 heterocycles. The van der Waals surface area contributed by atoms with E-state index in [-0.39, 0.29) is 18.0 Å². The van der Waals surface area contributed by atoms with Crippen molar-refractivity contribution in [1.29, 1.82) is 0 Å². The molecule has 0 aromatic rings. The summed E-state index contributed by atoms with van der Waals surface area (Å²) >= 11 is 0. The number of carbonyl (C=O) groups excluding carboxylic acids is 1. The highest BCUT2D eigenvalue weighted by Gasteiger charge is 2.36. The van der Waals surface area contributed by atoms with Gasteiger partial charge in [0.2, 0.25) is 0 Å². The Labute approximate surface area is 115 Å². The zero-order chi connectivity index (χ0) is 13.8. The predicted octanol–water partition coefficient (Wildman–Crippen LogP) is 2.28. The Kier molecular flexibility index (Phi) is 5.22. The standard InChI is InChI=1S/C15H26O4/c1-3-11(7-14-10(2)19-14)9-18-15(17)12-5-4-6-13(16)8-12/h10-14,16H,3-9H2,1-2H3/t10?,11?,12?,13-,14?/m1/s1. The van der Waals surface area contributed by atoms with E-state index in [1.807, 2.05) is 0 Å². The summed E-state index contributed by atoms with van der Waals surface area (Å²) in [4.78, 5) is 12.0. The molecule has 0 radical (unpaired) electrons. The Bertz CT molecular complexity index is 305. The molecule has 5 atom stereocenters. The van der Waals surface area contributed by atoms with E-state index in [4.69, 9.17) is 9.47 Å². The number of carbonyl (C=O) groups is 1. The smallest absolute Gasteiger partial charge is 0.309 e. The third kappa shape index (κ3) is 4.46. The van der Waals surface area contributed by atoms with Crippen molar-refractivity contribution in [1.82, 2.24) is 0 Å².